The molecule has 0 atom stereocenters. The average molecular weight is 557 g/mol. The van der Waals surface area contributed by atoms with Crippen LogP contribution in [0.2, 0.25) is 5.02 Å². The van der Waals surface area contributed by atoms with Crippen LogP contribution in [0.5, 0.6) is 5.75 Å². The van der Waals surface area contributed by atoms with E-state index in [-0.39, 0.29) is 23.5 Å². The molecule has 200 valence electrons. The Morgan fingerprint density at radius 3 is 2.05 bits per heavy atom. The number of hydrogen-bond acceptors (Lipinski definition) is 11. The summed E-state index contributed by atoms with van der Waals surface area (Å²) in [5, 5.41) is 21.9. The van der Waals surface area contributed by atoms with E-state index < -0.39 is 4.92 Å². The van der Waals surface area contributed by atoms with Gasteiger partial charge in [0.1, 0.15) is 17.3 Å². The van der Waals surface area contributed by atoms with Crippen molar-refractivity contribution in [3.63, 3.8) is 0 Å². The molecule has 0 spiro atoms. The highest BCUT2D eigenvalue weighted by Gasteiger charge is 2.10. The van der Waals surface area contributed by atoms with Gasteiger partial charge in [-0.1, -0.05) is 11.6 Å². The Bertz CT molecular complexity index is 1640. The van der Waals surface area contributed by atoms with Crippen molar-refractivity contribution in [3.8, 4) is 17.1 Å². The molecular formula is C27H21ClN8O4. The van der Waals surface area contributed by atoms with Crippen molar-refractivity contribution >= 4 is 52.7 Å². The maximum Gasteiger partial charge on any atom is 0.269 e. The molecule has 5 aromatic rings. The standard InChI is InChI=1S/C27H21ClN8O4/c1-39-22-12-8-20(9-13-22)31-26-32-25(30-19-6-10-21(11-7-19)36(37)38)33-27(34-26)35-29-16-23-14-15-24(40-23)17-2-4-18(28)5-3-17/h2-16H,1H3,(H3,30,31,32,33,34,35). The van der Waals surface area contributed by atoms with Gasteiger partial charge in [-0.2, -0.15) is 20.1 Å². The Kier molecular flexibility index (Phi) is 7.79. The summed E-state index contributed by atoms with van der Waals surface area (Å²) in [6, 6.07) is 24.0. The zero-order valence-electron chi connectivity index (χ0n) is 20.9. The molecule has 40 heavy (non-hydrogen) atoms. The molecule has 12 nitrogen and oxygen atoms in total. The molecule has 2 aromatic heterocycles. The molecule has 0 fully saturated rings. The third-order valence-electron chi connectivity index (χ3n) is 5.43. The number of hydrazone groups is 1. The molecule has 0 unspecified atom stereocenters. The number of aromatic nitrogens is 3. The van der Waals surface area contributed by atoms with Gasteiger partial charge in [0, 0.05) is 34.1 Å². The largest absolute Gasteiger partial charge is 0.497 e. The number of halogens is 1. The summed E-state index contributed by atoms with van der Waals surface area (Å²) in [6.07, 6.45) is 1.49. The molecule has 0 saturated carbocycles. The fourth-order valence-corrected chi connectivity index (χ4v) is 3.61. The SMILES string of the molecule is COc1ccc(Nc2nc(NN=Cc3ccc(-c4ccc(Cl)cc4)o3)nc(Nc3ccc([N+](=O)[O-])cc3)n2)cc1. The van der Waals surface area contributed by atoms with Crippen LogP contribution in [0.1, 0.15) is 5.76 Å². The van der Waals surface area contributed by atoms with Crippen molar-refractivity contribution in [2.24, 2.45) is 5.10 Å². The highest BCUT2D eigenvalue weighted by Crippen LogP contribution is 2.24. The molecule has 13 heteroatoms. The first kappa shape index (κ1) is 26.1. The predicted molar refractivity (Wildman–Crippen MR) is 153 cm³/mol. The molecular weight excluding hydrogens is 536 g/mol. The van der Waals surface area contributed by atoms with Gasteiger partial charge in [-0.3, -0.25) is 10.1 Å². The van der Waals surface area contributed by atoms with E-state index in [4.69, 9.17) is 20.8 Å². The second-order valence-corrected chi connectivity index (χ2v) is 8.60. The van der Waals surface area contributed by atoms with Gasteiger partial charge in [-0.05, 0) is 72.8 Å². The maximum atomic E-state index is 11.0. The van der Waals surface area contributed by atoms with Crippen molar-refractivity contribution < 1.29 is 14.1 Å². The smallest absolute Gasteiger partial charge is 0.269 e. The summed E-state index contributed by atoms with van der Waals surface area (Å²) in [7, 11) is 1.59. The van der Waals surface area contributed by atoms with Crippen LogP contribution in [0.4, 0.5) is 34.9 Å². The molecule has 0 radical (unpaired) electrons. The van der Waals surface area contributed by atoms with Crippen LogP contribution in [0, 0.1) is 10.1 Å². The topological polar surface area (TPSA) is 153 Å². The summed E-state index contributed by atoms with van der Waals surface area (Å²) in [5.41, 5.74) is 4.90. The number of nitrogens with one attached hydrogen (secondary N) is 3. The number of anilines is 5. The lowest BCUT2D eigenvalue weighted by Crippen LogP contribution is -2.07. The molecule has 5 rings (SSSR count). The van der Waals surface area contributed by atoms with E-state index in [1.165, 1.54) is 18.3 Å². The molecule has 3 aromatic carbocycles. The molecule has 3 N–H and O–H groups in total. The average Bonchev–Trinajstić information content (AvgIpc) is 3.43. The van der Waals surface area contributed by atoms with E-state index >= 15 is 0 Å². The van der Waals surface area contributed by atoms with Crippen LogP contribution in [-0.2, 0) is 0 Å². The lowest BCUT2D eigenvalue weighted by Gasteiger charge is -2.10. The fourth-order valence-electron chi connectivity index (χ4n) is 3.48. The van der Waals surface area contributed by atoms with Crippen LogP contribution < -0.4 is 20.8 Å². The van der Waals surface area contributed by atoms with Gasteiger partial charge in [0.2, 0.25) is 17.8 Å². The fraction of sp³-hybridized carbons (Fsp3) is 0.0370. The lowest BCUT2D eigenvalue weighted by atomic mass is 10.2. The molecule has 0 aliphatic carbocycles. The Hall–Kier alpha value is -5.49. The Morgan fingerprint density at radius 1 is 0.850 bits per heavy atom. The molecule has 0 amide bonds. The number of benzene rings is 3. The zero-order chi connectivity index (χ0) is 27.9. The van der Waals surface area contributed by atoms with Crippen LogP contribution in [0.3, 0.4) is 0 Å². The highest BCUT2D eigenvalue weighted by atomic mass is 35.5. The van der Waals surface area contributed by atoms with E-state index in [0.29, 0.717) is 33.7 Å². The predicted octanol–water partition coefficient (Wildman–Crippen LogP) is 6.64. The van der Waals surface area contributed by atoms with Gasteiger partial charge in [0.05, 0.1) is 18.2 Å². The summed E-state index contributed by atoms with van der Waals surface area (Å²) < 4.78 is 11.0. The molecule has 2 heterocycles. The van der Waals surface area contributed by atoms with Gasteiger partial charge in [-0.25, -0.2) is 5.43 Å². The molecule has 0 bridgehead atoms. The first-order chi connectivity index (χ1) is 19.4. The maximum absolute atomic E-state index is 11.0. The number of methoxy groups -OCH3 is 1. The Labute approximate surface area is 232 Å². The minimum Gasteiger partial charge on any atom is -0.497 e. The van der Waals surface area contributed by atoms with Gasteiger partial charge in [0.25, 0.3) is 5.69 Å². The number of non-ortho nitro benzene ring substituents is 1. The van der Waals surface area contributed by atoms with E-state index in [1.54, 1.807) is 49.6 Å². The van der Waals surface area contributed by atoms with Gasteiger partial charge in [-0.15, -0.1) is 0 Å². The van der Waals surface area contributed by atoms with Crippen molar-refractivity contribution in [3.05, 3.63) is 106 Å². The number of furan rings is 1. The number of rotatable bonds is 10. The molecule has 0 aliphatic rings. The van der Waals surface area contributed by atoms with Crippen molar-refractivity contribution in [2.75, 3.05) is 23.2 Å². The summed E-state index contributed by atoms with van der Waals surface area (Å²) >= 11 is 5.96. The van der Waals surface area contributed by atoms with Gasteiger partial charge in [0.15, 0.2) is 0 Å². The monoisotopic (exact) mass is 556 g/mol. The van der Waals surface area contributed by atoms with Crippen molar-refractivity contribution in [1.82, 2.24) is 15.0 Å². The van der Waals surface area contributed by atoms with Gasteiger partial charge >= 0.3 is 0 Å². The third-order valence-corrected chi connectivity index (χ3v) is 5.68. The number of ether oxygens (including phenoxy) is 1. The quantitative estimate of drug-likeness (QED) is 0.0969. The van der Waals surface area contributed by atoms with Crippen LogP contribution >= 0.6 is 11.6 Å². The van der Waals surface area contributed by atoms with Crippen LogP contribution in [-0.4, -0.2) is 33.2 Å². The highest BCUT2D eigenvalue weighted by molar-refractivity contribution is 6.30. The Balaban J connectivity index is 1.35. The first-order valence-electron chi connectivity index (χ1n) is 11.8. The summed E-state index contributed by atoms with van der Waals surface area (Å²) in [5.74, 6) is 2.42. The number of nitrogens with zero attached hydrogens (tertiary/aromatic N) is 5. The number of nitro benzene ring substituents is 1. The third kappa shape index (κ3) is 6.68. The normalized spacial score (nSPS) is 10.8. The first-order valence-corrected chi connectivity index (χ1v) is 12.2. The summed E-state index contributed by atoms with van der Waals surface area (Å²) in [4.78, 5) is 23.6. The minimum atomic E-state index is -0.471. The second kappa shape index (κ2) is 11.9. The van der Waals surface area contributed by atoms with E-state index in [9.17, 15) is 10.1 Å². The number of nitro groups is 1. The van der Waals surface area contributed by atoms with E-state index in [2.05, 4.69) is 36.1 Å². The Morgan fingerprint density at radius 2 is 1.45 bits per heavy atom. The molecule has 0 aliphatic heterocycles. The van der Waals surface area contributed by atoms with Crippen LogP contribution in [0.25, 0.3) is 11.3 Å². The van der Waals surface area contributed by atoms with E-state index in [0.717, 1.165) is 5.56 Å². The van der Waals surface area contributed by atoms with Crippen molar-refractivity contribution in [2.45, 2.75) is 0 Å². The summed E-state index contributed by atoms with van der Waals surface area (Å²) in [6.45, 7) is 0. The zero-order valence-corrected chi connectivity index (χ0v) is 21.7. The van der Waals surface area contributed by atoms with Crippen molar-refractivity contribution in [1.29, 1.82) is 0 Å². The molecule has 0 saturated heterocycles. The lowest BCUT2D eigenvalue weighted by molar-refractivity contribution is -0.384. The number of hydrogen-bond donors (Lipinski definition) is 3. The van der Waals surface area contributed by atoms with E-state index in [1.807, 2.05) is 30.3 Å². The second-order valence-electron chi connectivity index (χ2n) is 8.17. The minimum absolute atomic E-state index is 0.0307. The van der Waals surface area contributed by atoms with Crippen LogP contribution in [0.15, 0.2) is 94.4 Å². The van der Waals surface area contributed by atoms with Gasteiger partial charge < -0.3 is 19.8 Å².